The van der Waals surface area contributed by atoms with Gasteiger partial charge in [-0.3, -0.25) is 9.59 Å². The van der Waals surface area contributed by atoms with E-state index in [1.54, 1.807) is 6.20 Å². The van der Waals surface area contributed by atoms with Crippen molar-refractivity contribution in [2.75, 3.05) is 5.32 Å². The normalized spacial score (nSPS) is 15.6. The van der Waals surface area contributed by atoms with Gasteiger partial charge in [0.2, 0.25) is 5.91 Å². The Morgan fingerprint density at radius 2 is 2.15 bits per heavy atom. The Morgan fingerprint density at radius 3 is 2.75 bits per heavy atom. The van der Waals surface area contributed by atoms with Crippen LogP contribution in [0.25, 0.3) is 0 Å². The predicted octanol–water partition coefficient (Wildman–Crippen LogP) is 1.12. The highest BCUT2D eigenvalue weighted by molar-refractivity contribution is 5.76. The number of nitrogens with zero attached hydrogens (tertiary/aromatic N) is 2. The first-order chi connectivity index (χ1) is 9.54. The number of nitrogens with one attached hydrogen (secondary N) is 2. The van der Waals surface area contributed by atoms with E-state index in [0.29, 0.717) is 5.69 Å². The zero-order chi connectivity index (χ0) is 14.5. The van der Waals surface area contributed by atoms with Crippen molar-refractivity contribution in [1.29, 1.82) is 0 Å². The first-order valence-corrected chi connectivity index (χ1v) is 7.17. The van der Waals surface area contributed by atoms with E-state index in [4.69, 9.17) is 0 Å². The zero-order valence-electron chi connectivity index (χ0n) is 12.1. The molecule has 1 aliphatic rings. The molecule has 1 aromatic rings. The lowest BCUT2D eigenvalue weighted by molar-refractivity contribution is -0.122. The first-order valence-electron chi connectivity index (χ1n) is 7.17. The number of hydrogen-bond acceptors (Lipinski definition) is 4. The van der Waals surface area contributed by atoms with E-state index in [-0.39, 0.29) is 30.1 Å². The van der Waals surface area contributed by atoms with Gasteiger partial charge in [0, 0.05) is 18.2 Å². The van der Waals surface area contributed by atoms with E-state index >= 15 is 0 Å². The summed E-state index contributed by atoms with van der Waals surface area (Å²) in [6, 6.07) is 1.97. The van der Waals surface area contributed by atoms with Gasteiger partial charge in [-0.2, -0.15) is 5.10 Å². The first kappa shape index (κ1) is 14.6. The third kappa shape index (κ3) is 4.08. The van der Waals surface area contributed by atoms with Gasteiger partial charge in [0.1, 0.15) is 6.54 Å². The lowest BCUT2D eigenvalue weighted by Crippen LogP contribution is -2.38. The molecule has 0 saturated heterocycles. The number of aromatic nitrogens is 2. The maximum absolute atomic E-state index is 11.9. The molecule has 1 heterocycles. The summed E-state index contributed by atoms with van der Waals surface area (Å²) >= 11 is 0. The summed E-state index contributed by atoms with van der Waals surface area (Å²) in [7, 11) is 0. The van der Waals surface area contributed by atoms with Crippen LogP contribution in [-0.2, 0) is 11.3 Å². The minimum Gasteiger partial charge on any atom is -0.381 e. The van der Waals surface area contributed by atoms with E-state index in [1.165, 1.54) is 23.6 Å². The largest absolute Gasteiger partial charge is 0.381 e. The van der Waals surface area contributed by atoms with Gasteiger partial charge in [-0.05, 0) is 26.7 Å². The Labute approximate surface area is 118 Å². The van der Waals surface area contributed by atoms with Gasteiger partial charge in [0.05, 0.1) is 11.9 Å². The highest BCUT2D eigenvalue weighted by atomic mass is 16.2. The zero-order valence-corrected chi connectivity index (χ0v) is 12.1. The van der Waals surface area contributed by atoms with E-state index in [0.717, 1.165) is 12.8 Å². The minimum atomic E-state index is -0.266. The van der Waals surface area contributed by atoms with Gasteiger partial charge in [0.15, 0.2) is 0 Å². The molecule has 2 N–H and O–H groups in total. The fourth-order valence-electron chi connectivity index (χ4n) is 2.44. The summed E-state index contributed by atoms with van der Waals surface area (Å²) in [5.41, 5.74) is 0.412. The molecule has 6 nitrogen and oxygen atoms in total. The highest BCUT2D eigenvalue weighted by Crippen LogP contribution is 2.17. The Kier molecular flexibility index (Phi) is 4.76. The van der Waals surface area contributed by atoms with Crippen LogP contribution in [0.3, 0.4) is 0 Å². The molecule has 0 spiro atoms. The van der Waals surface area contributed by atoms with Gasteiger partial charge >= 0.3 is 0 Å². The van der Waals surface area contributed by atoms with Gasteiger partial charge < -0.3 is 10.6 Å². The van der Waals surface area contributed by atoms with Crippen molar-refractivity contribution in [3.8, 4) is 0 Å². The lowest BCUT2D eigenvalue weighted by atomic mass is 10.2. The number of carbonyl (C=O) groups excluding carboxylic acids is 1. The third-order valence-corrected chi connectivity index (χ3v) is 3.34. The van der Waals surface area contributed by atoms with Crippen molar-refractivity contribution in [1.82, 2.24) is 15.1 Å². The maximum Gasteiger partial charge on any atom is 0.269 e. The molecule has 6 heteroatoms. The minimum absolute atomic E-state index is 0.0166. The summed E-state index contributed by atoms with van der Waals surface area (Å²) in [4.78, 5) is 23.7. The third-order valence-electron chi connectivity index (χ3n) is 3.34. The van der Waals surface area contributed by atoms with Crippen LogP contribution in [0.15, 0.2) is 17.1 Å². The van der Waals surface area contributed by atoms with Crippen LogP contribution in [0.4, 0.5) is 5.69 Å². The van der Waals surface area contributed by atoms with Crippen molar-refractivity contribution >= 4 is 11.6 Å². The van der Waals surface area contributed by atoms with Crippen molar-refractivity contribution in [2.24, 2.45) is 0 Å². The van der Waals surface area contributed by atoms with Crippen molar-refractivity contribution < 1.29 is 4.79 Å². The molecule has 1 aromatic heterocycles. The Hall–Kier alpha value is -1.85. The maximum atomic E-state index is 11.9. The molecule has 0 radical (unpaired) electrons. The SMILES string of the molecule is CC(C)Nc1cnn(CC(=O)NC2CCCC2)c(=O)c1. The highest BCUT2D eigenvalue weighted by Gasteiger charge is 2.17. The number of carbonyl (C=O) groups is 1. The van der Waals surface area contributed by atoms with Gasteiger partial charge in [-0.1, -0.05) is 12.8 Å². The van der Waals surface area contributed by atoms with E-state index in [1.807, 2.05) is 13.8 Å². The lowest BCUT2D eigenvalue weighted by Gasteiger charge is -2.13. The Balaban J connectivity index is 1.95. The molecule has 0 atom stereocenters. The number of rotatable bonds is 5. The van der Waals surface area contributed by atoms with Crippen LogP contribution in [0.2, 0.25) is 0 Å². The molecule has 110 valence electrons. The second-order valence-electron chi connectivity index (χ2n) is 5.59. The van der Waals surface area contributed by atoms with Crippen LogP contribution in [0, 0.1) is 0 Å². The number of anilines is 1. The van der Waals surface area contributed by atoms with E-state index in [9.17, 15) is 9.59 Å². The Bertz CT molecular complexity index is 518. The van der Waals surface area contributed by atoms with Gasteiger partial charge in [-0.15, -0.1) is 0 Å². The molecule has 0 unspecified atom stereocenters. The molecule has 2 rings (SSSR count). The fourth-order valence-corrected chi connectivity index (χ4v) is 2.44. The number of amides is 1. The second kappa shape index (κ2) is 6.54. The van der Waals surface area contributed by atoms with Crippen LogP contribution in [0.1, 0.15) is 39.5 Å². The quantitative estimate of drug-likeness (QED) is 0.846. The molecule has 1 saturated carbocycles. The van der Waals surface area contributed by atoms with Crippen LogP contribution < -0.4 is 16.2 Å². The van der Waals surface area contributed by atoms with Crippen molar-refractivity contribution in [3.05, 3.63) is 22.6 Å². The van der Waals surface area contributed by atoms with Crippen molar-refractivity contribution in [3.63, 3.8) is 0 Å². The molecular weight excluding hydrogens is 256 g/mol. The molecular formula is C14H22N4O2. The molecule has 1 aliphatic carbocycles. The number of hydrogen-bond donors (Lipinski definition) is 2. The van der Waals surface area contributed by atoms with E-state index < -0.39 is 0 Å². The predicted molar refractivity (Wildman–Crippen MR) is 77.7 cm³/mol. The smallest absolute Gasteiger partial charge is 0.269 e. The summed E-state index contributed by atoms with van der Waals surface area (Å²) in [6.45, 7) is 3.96. The van der Waals surface area contributed by atoms with Crippen LogP contribution in [-0.4, -0.2) is 27.8 Å². The monoisotopic (exact) mass is 278 g/mol. The van der Waals surface area contributed by atoms with Gasteiger partial charge in [-0.25, -0.2) is 4.68 Å². The van der Waals surface area contributed by atoms with Crippen LogP contribution in [0.5, 0.6) is 0 Å². The summed E-state index contributed by atoms with van der Waals surface area (Å²) < 4.78 is 1.19. The molecule has 0 aliphatic heterocycles. The Morgan fingerprint density at radius 1 is 1.45 bits per heavy atom. The molecule has 0 aromatic carbocycles. The summed E-state index contributed by atoms with van der Waals surface area (Å²) in [5.74, 6) is -0.143. The average molecular weight is 278 g/mol. The molecule has 1 fully saturated rings. The standard InChI is InChI=1S/C14H22N4O2/c1-10(2)16-12-7-14(20)18(15-8-12)9-13(19)17-11-5-3-4-6-11/h7-8,10-11,16H,3-6,9H2,1-2H3,(H,17,19). The molecule has 0 bridgehead atoms. The van der Waals surface area contributed by atoms with Crippen molar-refractivity contribution in [2.45, 2.75) is 58.2 Å². The second-order valence-corrected chi connectivity index (χ2v) is 5.59. The van der Waals surface area contributed by atoms with E-state index in [2.05, 4.69) is 15.7 Å². The summed E-state index contributed by atoms with van der Waals surface area (Å²) in [5, 5.41) is 10.1. The average Bonchev–Trinajstić information content (AvgIpc) is 2.84. The summed E-state index contributed by atoms with van der Waals surface area (Å²) in [6.07, 6.45) is 5.97. The topological polar surface area (TPSA) is 76.0 Å². The molecule has 1 amide bonds. The van der Waals surface area contributed by atoms with Gasteiger partial charge in [0.25, 0.3) is 5.56 Å². The molecule has 20 heavy (non-hydrogen) atoms. The fraction of sp³-hybridized carbons (Fsp3) is 0.643. The van der Waals surface area contributed by atoms with Crippen LogP contribution >= 0.6 is 0 Å².